The lowest BCUT2D eigenvalue weighted by Crippen LogP contribution is -2.37. The van der Waals surface area contributed by atoms with Crippen LogP contribution < -0.4 is 10.6 Å². The van der Waals surface area contributed by atoms with E-state index in [1.165, 1.54) is 4.68 Å². The number of hydrogen-bond donors (Lipinski definition) is 3. The number of carbonyl (C=O) groups is 2. The normalized spacial score (nSPS) is 23.0. The molecule has 1 saturated heterocycles. The van der Waals surface area contributed by atoms with Gasteiger partial charge in [0.15, 0.2) is 5.82 Å². The Labute approximate surface area is 155 Å². The number of amides is 2. The van der Waals surface area contributed by atoms with Crippen molar-refractivity contribution < 1.29 is 19.1 Å². The van der Waals surface area contributed by atoms with Gasteiger partial charge in [-0.2, -0.15) is 10.2 Å². The zero-order chi connectivity index (χ0) is 19.0. The van der Waals surface area contributed by atoms with Crippen LogP contribution in [-0.2, 0) is 16.5 Å². The van der Waals surface area contributed by atoms with Gasteiger partial charge in [-0.25, -0.2) is 4.79 Å². The largest absolute Gasteiger partial charge is 0.444 e. The highest BCUT2D eigenvalue weighted by atomic mass is 16.6. The Morgan fingerprint density at radius 3 is 2.96 bits per heavy atom. The summed E-state index contributed by atoms with van der Waals surface area (Å²) in [6.07, 6.45) is 3.06. The average Bonchev–Trinajstić information content (AvgIpc) is 3.06. The van der Waals surface area contributed by atoms with Crippen LogP contribution in [0.1, 0.15) is 48.5 Å². The van der Waals surface area contributed by atoms with Crippen LogP contribution >= 0.6 is 0 Å². The van der Waals surface area contributed by atoms with Crippen molar-refractivity contribution in [2.75, 3.05) is 11.9 Å². The number of hydrogen-bond acceptors (Lipinski definition) is 6. The fourth-order valence-corrected chi connectivity index (χ4v) is 2.98. The van der Waals surface area contributed by atoms with Crippen LogP contribution in [0.25, 0.3) is 0 Å². The molecular weight excluding hydrogens is 352 g/mol. The molecule has 4 rings (SSSR count). The second kappa shape index (κ2) is 6.69. The molecule has 10 nitrogen and oxygen atoms in total. The topological polar surface area (TPSA) is 123 Å². The van der Waals surface area contributed by atoms with E-state index in [9.17, 15) is 9.59 Å². The molecule has 10 heteroatoms. The molecule has 1 saturated carbocycles. The summed E-state index contributed by atoms with van der Waals surface area (Å²) in [7, 11) is 1.69. The third-order valence-corrected chi connectivity index (χ3v) is 4.88. The summed E-state index contributed by atoms with van der Waals surface area (Å²) in [5, 5.41) is 16.5. The SMILES string of the molecule is Cn1nccc1C(=O)Nc1cc(C2C[C@@H](OC(=O)NC3(C)CC3)CO2)[nH]n1. The molecule has 1 aliphatic carbocycles. The summed E-state index contributed by atoms with van der Waals surface area (Å²) in [6.45, 7) is 2.32. The van der Waals surface area contributed by atoms with Gasteiger partial charge in [0.2, 0.25) is 0 Å². The third kappa shape index (κ3) is 3.95. The molecule has 2 aliphatic rings. The Morgan fingerprint density at radius 1 is 1.44 bits per heavy atom. The lowest BCUT2D eigenvalue weighted by Gasteiger charge is -2.15. The fraction of sp³-hybridized carbons (Fsp3) is 0.529. The first-order valence-electron chi connectivity index (χ1n) is 8.87. The summed E-state index contributed by atoms with van der Waals surface area (Å²) in [5.41, 5.74) is 1.04. The molecule has 27 heavy (non-hydrogen) atoms. The van der Waals surface area contributed by atoms with Gasteiger partial charge in [-0.1, -0.05) is 0 Å². The molecule has 1 aliphatic heterocycles. The van der Waals surface area contributed by atoms with Crippen molar-refractivity contribution in [3.63, 3.8) is 0 Å². The van der Waals surface area contributed by atoms with Crippen LogP contribution in [0.5, 0.6) is 0 Å². The first-order chi connectivity index (χ1) is 12.9. The van der Waals surface area contributed by atoms with Crippen LogP contribution in [-0.4, -0.2) is 50.2 Å². The van der Waals surface area contributed by atoms with E-state index in [1.807, 2.05) is 6.92 Å². The molecule has 3 N–H and O–H groups in total. The molecule has 0 bridgehead atoms. The van der Waals surface area contributed by atoms with E-state index in [2.05, 4.69) is 25.9 Å². The maximum absolute atomic E-state index is 12.2. The first-order valence-corrected chi connectivity index (χ1v) is 8.87. The number of carbonyl (C=O) groups excluding carboxylic acids is 2. The Balaban J connectivity index is 1.30. The highest BCUT2D eigenvalue weighted by Gasteiger charge is 2.40. The monoisotopic (exact) mass is 374 g/mol. The van der Waals surface area contributed by atoms with Crippen molar-refractivity contribution in [1.29, 1.82) is 0 Å². The van der Waals surface area contributed by atoms with Gasteiger partial charge in [0.25, 0.3) is 5.91 Å². The van der Waals surface area contributed by atoms with Crippen LogP contribution in [0.15, 0.2) is 18.3 Å². The second-order valence-corrected chi connectivity index (χ2v) is 7.27. The summed E-state index contributed by atoms with van der Waals surface area (Å²) >= 11 is 0. The number of ether oxygens (including phenoxy) is 2. The predicted octanol–water partition coefficient (Wildman–Crippen LogP) is 1.50. The average molecular weight is 374 g/mol. The number of aryl methyl sites for hydroxylation is 1. The Morgan fingerprint density at radius 2 is 2.26 bits per heavy atom. The highest BCUT2D eigenvalue weighted by Crippen LogP contribution is 2.35. The van der Waals surface area contributed by atoms with Gasteiger partial charge in [-0.3, -0.25) is 14.6 Å². The fourth-order valence-electron chi connectivity index (χ4n) is 2.98. The van der Waals surface area contributed by atoms with Gasteiger partial charge in [0.1, 0.15) is 17.9 Å². The number of H-pyrrole nitrogens is 1. The van der Waals surface area contributed by atoms with E-state index in [0.717, 1.165) is 18.5 Å². The van der Waals surface area contributed by atoms with Gasteiger partial charge in [0.05, 0.1) is 12.3 Å². The summed E-state index contributed by atoms with van der Waals surface area (Å²) < 4.78 is 12.6. The van der Waals surface area contributed by atoms with Gasteiger partial charge in [0, 0.05) is 31.3 Å². The number of anilines is 1. The molecule has 2 atom stereocenters. The van der Waals surface area contributed by atoms with Gasteiger partial charge in [-0.15, -0.1) is 0 Å². The molecule has 1 unspecified atom stereocenters. The lowest BCUT2D eigenvalue weighted by molar-refractivity contribution is 0.0675. The number of nitrogens with zero attached hydrogens (tertiary/aromatic N) is 3. The number of aromatic amines is 1. The zero-order valence-corrected chi connectivity index (χ0v) is 15.2. The van der Waals surface area contributed by atoms with E-state index < -0.39 is 6.09 Å². The number of rotatable bonds is 5. The molecule has 2 aromatic heterocycles. The van der Waals surface area contributed by atoms with E-state index in [-0.39, 0.29) is 23.7 Å². The third-order valence-electron chi connectivity index (χ3n) is 4.88. The minimum atomic E-state index is -0.405. The molecule has 0 spiro atoms. The molecule has 2 amide bonds. The van der Waals surface area contributed by atoms with E-state index in [0.29, 0.717) is 24.5 Å². The van der Waals surface area contributed by atoms with Crippen molar-refractivity contribution in [3.8, 4) is 0 Å². The van der Waals surface area contributed by atoms with Crippen molar-refractivity contribution >= 4 is 17.8 Å². The minimum absolute atomic E-state index is 0.111. The molecule has 0 radical (unpaired) electrons. The summed E-state index contributed by atoms with van der Waals surface area (Å²) in [5.74, 6) is 0.0930. The van der Waals surface area contributed by atoms with Crippen molar-refractivity contribution in [2.45, 2.75) is 43.9 Å². The lowest BCUT2D eigenvalue weighted by atomic mass is 10.1. The minimum Gasteiger partial charge on any atom is -0.444 e. The van der Waals surface area contributed by atoms with Gasteiger partial charge >= 0.3 is 6.09 Å². The number of nitrogens with one attached hydrogen (secondary N) is 3. The number of alkyl carbamates (subject to hydrolysis) is 1. The van der Waals surface area contributed by atoms with Crippen molar-refractivity contribution in [1.82, 2.24) is 25.3 Å². The summed E-state index contributed by atoms with van der Waals surface area (Å²) in [6, 6.07) is 3.34. The predicted molar refractivity (Wildman–Crippen MR) is 94.1 cm³/mol. The molecule has 2 fully saturated rings. The molecule has 3 heterocycles. The van der Waals surface area contributed by atoms with E-state index in [4.69, 9.17) is 9.47 Å². The molecular formula is C17H22N6O4. The van der Waals surface area contributed by atoms with Crippen LogP contribution in [0.4, 0.5) is 10.6 Å². The first kappa shape index (κ1) is 17.5. The molecule has 144 valence electrons. The Kier molecular flexibility index (Phi) is 4.34. The standard InChI is InChI=1S/C17H22N6O4/c1-17(4-5-17)20-16(25)27-10-7-13(26-9-10)11-8-14(22-21-11)19-15(24)12-3-6-18-23(12)2/h3,6,8,10,13H,4-5,7,9H2,1-2H3,(H,20,25)(H2,19,21,22,24)/t10-,13?/m1/s1. The van der Waals surface area contributed by atoms with Gasteiger partial charge < -0.3 is 20.1 Å². The highest BCUT2D eigenvalue weighted by molar-refractivity contribution is 6.02. The quantitative estimate of drug-likeness (QED) is 0.729. The summed E-state index contributed by atoms with van der Waals surface area (Å²) in [4.78, 5) is 24.1. The van der Waals surface area contributed by atoms with Crippen LogP contribution in [0, 0.1) is 0 Å². The molecule has 0 aromatic carbocycles. The van der Waals surface area contributed by atoms with Crippen LogP contribution in [0.2, 0.25) is 0 Å². The Hall–Kier alpha value is -2.88. The van der Waals surface area contributed by atoms with Crippen LogP contribution in [0.3, 0.4) is 0 Å². The Bertz CT molecular complexity index is 855. The van der Waals surface area contributed by atoms with Crippen molar-refractivity contribution in [2.24, 2.45) is 7.05 Å². The molecule has 2 aromatic rings. The zero-order valence-electron chi connectivity index (χ0n) is 15.2. The maximum Gasteiger partial charge on any atom is 0.407 e. The smallest absolute Gasteiger partial charge is 0.407 e. The maximum atomic E-state index is 12.2. The van der Waals surface area contributed by atoms with Crippen molar-refractivity contribution in [3.05, 3.63) is 29.7 Å². The van der Waals surface area contributed by atoms with Gasteiger partial charge in [-0.05, 0) is 25.8 Å². The number of aromatic nitrogens is 4. The second-order valence-electron chi connectivity index (χ2n) is 7.27. The van der Waals surface area contributed by atoms with E-state index in [1.54, 1.807) is 25.4 Å². The van der Waals surface area contributed by atoms with E-state index >= 15 is 0 Å².